The third-order valence-electron chi connectivity index (χ3n) is 4.54. The minimum atomic E-state index is -0.615. The molecule has 0 atom stereocenters. The highest BCUT2D eigenvalue weighted by atomic mass is 32.1. The number of esters is 1. The number of carbonyl (C=O) groups is 2. The summed E-state index contributed by atoms with van der Waals surface area (Å²) in [6.07, 6.45) is 4.40. The molecule has 2 aromatic rings. The van der Waals surface area contributed by atoms with E-state index in [2.05, 4.69) is 17.0 Å². The van der Waals surface area contributed by atoms with Gasteiger partial charge in [0.25, 0.3) is 5.91 Å². The summed E-state index contributed by atoms with van der Waals surface area (Å²) in [5.74, 6) is -0.323. The number of hydrogen-bond acceptors (Lipinski definition) is 6. The van der Waals surface area contributed by atoms with E-state index in [-0.39, 0.29) is 12.6 Å². The molecule has 1 aliphatic heterocycles. The van der Waals surface area contributed by atoms with Crippen LogP contribution >= 0.6 is 11.3 Å². The Labute approximate surface area is 151 Å². The lowest BCUT2D eigenvalue weighted by atomic mass is 9.92. The first-order chi connectivity index (χ1) is 12.1. The number of amides is 1. The second-order valence-corrected chi connectivity index (χ2v) is 7.42. The Bertz CT molecular complexity index is 705. The molecular formula is C18H23N3O3S. The van der Waals surface area contributed by atoms with Crippen LogP contribution in [-0.2, 0) is 14.3 Å². The standard InChI is InChI=1S/C18H23N3O3S/c19-16(22)12-24-17(23)7-3-4-13-8-10-21(11-9-13)18-20-14-5-1-2-6-15(14)25-18/h1-2,5-6,13H,3-4,7-12H2,(H2,19,22). The summed E-state index contributed by atoms with van der Waals surface area (Å²) in [6.45, 7) is 1.70. The highest BCUT2D eigenvalue weighted by Crippen LogP contribution is 2.32. The van der Waals surface area contributed by atoms with E-state index < -0.39 is 5.91 Å². The van der Waals surface area contributed by atoms with Gasteiger partial charge in [-0.05, 0) is 43.7 Å². The SMILES string of the molecule is NC(=O)COC(=O)CCCC1CCN(c2nc3ccccc3s2)CC1. The van der Waals surface area contributed by atoms with Crippen LogP contribution in [0.15, 0.2) is 24.3 Å². The van der Waals surface area contributed by atoms with E-state index in [1.54, 1.807) is 11.3 Å². The average Bonchev–Trinajstić information content (AvgIpc) is 3.04. The van der Waals surface area contributed by atoms with Gasteiger partial charge >= 0.3 is 5.97 Å². The summed E-state index contributed by atoms with van der Waals surface area (Å²) in [5, 5.41) is 1.11. The van der Waals surface area contributed by atoms with E-state index >= 15 is 0 Å². The number of carbonyl (C=O) groups excluding carboxylic acids is 2. The van der Waals surface area contributed by atoms with Crippen molar-refractivity contribution in [1.82, 2.24) is 4.98 Å². The average molecular weight is 361 g/mol. The molecule has 0 bridgehead atoms. The number of hydrogen-bond donors (Lipinski definition) is 1. The van der Waals surface area contributed by atoms with E-state index in [0.29, 0.717) is 12.3 Å². The van der Waals surface area contributed by atoms with Crippen LogP contribution in [-0.4, -0.2) is 36.6 Å². The van der Waals surface area contributed by atoms with Crippen molar-refractivity contribution < 1.29 is 14.3 Å². The van der Waals surface area contributed by atoms with E-state index in [1.807, 2.05) is 12.1 Å². The van der Waals surface area contributed by atoms with Crippen LogP contribution in [0.1, 0.15) is 32.1 Å². The lowest BCUT2D eigenvalue weighted by Gasteiger charge is -2.31. The maximum Gasteiger partial charge on any atom is 0.306 e. The van der Waals surface area contributed by atoms with E-state index in [4.69, 9.17) is 15.5 Å². The van der Waals surface area contributed by atoms with Gasteiger partial charge < -0.3 is 15.4 Å². The molecule has 1 amide bonds. The van der Waals surface area contributed by atoms with Gasteiger partial charge in [0.1, 0.15) is 0 Å². The zero-order valence-electron chi connectivity index (χ0n) is 14.1. The summed E-state index contributed by atoms with van der Waals surface area (Å²) >= 11 is 1.75. The molecule has 0 spiro atoms. The number of aromatic nitrogens is 1. The zero-order chi connectivity index (χ0) is 17.6. The Hall–Kier alpha value is -2.15. The van der Waals surface area contributed by atoms with Crippen molar-refractivity contribution in [2.24, 2.45) is 11.7 Å². The van der Waals surface area contributed by atoms with E-state index in [9.17, 15) is 9.59 Å². The largest absolute Gasteiger partial charge is 0.456 e. The van der Waals surface area contributed by atoms with Gasteiger partial charge in [-0.2, -0.15) is 0 Å². The fourth-order valence-corrected chi connectivity index (χ4v) is 4.18. The summed E-state index contributed by atoms with van der Waals surface area (Å²) in [7, 11) is 0. The molecule has 2 N–H and O–H groups in total. The number of para-hydroxylation sites is 1. The Kier molecular flexibility index (Phi) is 5.86. The van der Waals surface area contributed by atoms with Gasteiger partial charge in [0.05, 0.1) is 10.2 Å². The van der Waals surface area contributed by atoms with Crippen molar-refractivity contribution in [2.45, 2.75) is 32.1 Å². The highest BCUT2D eigenvalue weighted by Gasteiger charge is 2.21. The number of nitrogens with zero attached hydrogens (tertiary/aromatic N) is 2. The quantitative estimate of drug-likeness (QED) is 0.767. The molecule has 0 saturated carbocycles. The molecule has 1 fully saturated rings. The molecule has 2 heterocycles. The molecule has 7 heteroatoms. The first kappa shape index (κ1) is 17.7. The fraction of sp³-hybridized carbons (Fsp3) is 0.500. The van der Waals surface area contributed by atoms with Gasteiger partial charge in [-0.1, -0.05) is 23.5 Å². The lowest BCUT2D eigenvalue weighted by Crippen LogP contribution is -2.33. The zero-order valence-corrected chi connectivity index (χ0v) is 15.0. The molecule has 1 aromatic carbocycles. The number of benzene rings is 1. The van der Waals surface area contributed by atoms with Crippen LogP contribution in [0, 0.1) is 5.92 Å². The normalized spacial score (nSPS) is 15.4. The number of ether oxygens (including phenoxy) is 1. The fourth-order valence-electron chi connectivity index (χ4n) is 3.17. The van der Waals surface area contributed by atoms with Crippen LogP contribution in [0.25, 0.3) is 10.2 Å². The molecule has 0 unspecified atom stereocenters. The molecule has 0 aliphatic carbocycles. The Morgan fingerprint density at radius 1 is 1.28 bits per heavy atom. The van der Waals surface area contributed by atoms with Crippen molar-refractivity contribution in [1.29, 1.82) is 0 Å². The summed E-state index contributed by atoms with van der Waals surface area (Å²) in [5.41, 5.74) is 6.02. The van der Waals surface area contributed by atoms with Crippen LogP contribution in [0.5, 0.6) is 0 Å². The van der Waals surface area contributed by atoms with E-state index in [1.165, 1.54) is 4.70 Å². The van der Waals surface area contributed by atoms with Crippen molar-refractivity contribution in [3.63, 3.8) is 0 Å². The third kappa shape index (κ3) is 4.92. The smallest absolute Gasteiger partial charge is 0.306 e. The van der Waals surface area contributed by atoms with Gasteiger partial charge in [0.2, 0.25) is 0 Å². The van der Waals surface area contributed by atoms with Gasteiger partial charge in [0.15, 0.2) is 11.7 Å². The van der Waals surface area contributed by atoms with Gasteiger partial charge in [0, 0.05) is 19.5 Å². The van der Waals surface area contributed by atoms with Crippen molar-refractivity contribution in [3.05, 3.63) is 24.3 Å². The van der Waals surface area contributed by atoms with Crippen LogP contribution in [0.3, 0.4) is 0 Å². The minimum Gasteiger partial charge on any atom is -0.456 e. The Morgan fingerprint density at radius 3 is 2.76 bits per heavy atom. The van der Waals surface area contributed by atoms with Crippen LogP contribution in [0.4, 0.5) is 5.13 Å². The molecule has 6 nitrogen and oxygen atoms in total. The first-order valence-electron chi connectivity index (χ1n) is 8.66. The summed E-state index contributed by atoms with van der Waals surface area (Å²) in [4.78, 5) is 29.1. The minimum absolute atomic E-state index is 0.320. The number of nitrogens with two attached hydrogens (primary N) is 1. The first-order valence-corrected chi connectivity index (χ1v) is 9.48. The number of fused-ring (bicyclic) bond motifs is 1. The number of rotatable bonds is 7. The Balaban J connectivity index is 1.40. The van der Waals surface area contributed by atoms with Crippen molar-refractivity contribution in [3.8, 4) is 0 Å². The van der Waals surface area contributed by atoms with Gasteiger partial charge in [-0.25, -0.2) is 4.98 Å². The molecule has 1 saturated heterocycles. The van der Waals surface area contributed by atoms with Crippen LogP contribution < -0.4 is 10.6 Å². The molecule has 25 heavy (non-hydrogen) atoms. The molecule has 1 aromatic heterocycles. The van der Waals surface area contributed by atoms with Crippen molar-refractivity contribution >= 4 is 38.6 Å². The van der Waals surface area contributed by atoms with Crippen LogP contribution in [0.2, 0.25) is 0 Å². The predicted octanol–water partition coefficient (Wildman–Crippen LogP) is 2.71. The lowest BCUT2D eigenvalue weighted by molar-refractivity contribution is -0.147. The maximum absolute atomic E-state index is 11.5. The van der Waals surface area contributed by atoms with E-state index in [0.717, 1.165) is 49.4 Å². The highest BCUT2D eigenvalue weighted by molar-refractivity contribution is 7.22. The maximum atomic E-state index is 11.5. The topological polar surface area (TPSA) is 85.5 Å². The van der Waals surface area contributed by atoms with Gasteiger partial charge in [-0.3, -0.25) is 9.59 Å². The molecule has 0 radical (unpaired) electrons. The number of primary amides is 1. The number of anilines is 1. The number of thiazole rings is 1. The molecule has 134 valence electrons. The third-order valence-corrected chi connectivity index (χ3v) is 5.63. The molecular weight excluding hydrogens is 338 g/mol. The van der Waals surface area contributed by atoms with Gasteiger partial charge in [-0.15, -0.1) is 0 Å². The monoisotopic (exact) mass is 361 g/mol. The second-order valence-electron chi connectivity index (χ2n) is 6.41. The van der Waals surface area contributed by atoms with Crippen molar-refractivity contribution in [2.75, 3.05) is 24.6 Å². The summed E-state index contributed by atoms with van der Waals surface area (Å²) in [6, 6.07) is 8.23. The predicted molar refractivity (Wildman–Crippen MR) is 98.6 cm³/mol. The Morgan fingerprint density at radius 2 is 2.04 bits per heavy atom. The number of piperidine rings is 1. The second kappa shape index (κ2) is 8.29. The summed E-state index contributed by atoms with van der Waals surface area (Å²) < 4.78 is 6.00. The molecule has 1 aliphatic rings. The molecule has 3 rings (SSSR count).